The minimum Gasteiger partial charge on any atom is -0.452 e. The lowest BCUT2D eigenvalue weighted by Crippen LogP contribution is -2.11. The van der Waals surface area contributed by atoms with Crippen molar-refractivity contribution in [3.63, 3.8) is 0 Å². The summed E-state index contributed by atoms with van der Waals surface area (Å²) in [5.41, 5.74) is 7.04. The first-order chi connectivity index (χ1) is 11.6. The zero-order valence-electron chi connectivity index (χ0n) is 12.8. The van der Waals surface area contributed by atoms with Crippen LogP contribution in [0.25, 0.3) is 0 Å². The van der Waals surface area contributed by atoms with E-state index in [2.05, 4.69) is 25.4 Å². The number of esters is 1. The highest BCUT2D eigenvalue weighted by molar-refractivity contribution is 5.86. The van der Waals surface area contributed by atoms with E-state index in [1.165, 1.54) is 6.07 Å². The minimum absolute atomic E-state index is 0.0113. The molecular formula is C15H14N6O3. The number of para-hydroxylation sites is 1. The zero-order chi connectivity index (χ0) is 16.9. The van der Waals surface area contributed by atoms with Crippen LogP contribution in [-0.2, 0) is 11.3 Å². The fourth-order valence-corrected chi connectivity index (χ4v) is 1.87. The first kappa shape index (κ1) is 15.4. The third-order valence-corrected chi connectivity index (χ3v) is 2.89. The van der Waals surface area contributed by atoms with Crippen LogP contribution in [-0.4, -0.2) is 26.1 Å². The number of aryl methyl sites for hydroxylation is 1. The molecule has 0 aliphatic carbocycles. The Morgan fingerprint density at radius 3 is 2.75 bits per heavy atom. The van der Waals surface area contributed by atoms with Crippen LogP contribution in [0.1, 0.15) is 22.1 Å². The summed E-state index contributed by atoms with van der Waals surface area (Å²) in [4.78, 5) is 23.9. The highest BCUT2D eigenvalue weighted by Crippen LogP contribution is 2.13. The van der Waals surface area contributed by atoms with E-state index in [1.54, 1.807) is 6.92 Å². The van der Waals surface area contributed by atoms with Crippen LogP contribution in [0.15, 0.2) is 40.9 Å². The molecule has 0 aliphatic heterocycles. The van der Waals surface area contributed by atoms with Crippen LogP contribution in [0.3, 0.4) is 0 Å². The Bertz CT molecular complexity index is 849. The summed E-state index contributed by atoms with van der Waals surface area (Å²) in [6, 6.07) is 10.8. The van der Waals surface area contributed by atoms with Crippen molar-refractivity contribution in [2.75, 3.05) is 11.1 Å². The zero-order valence-corrected chi connectivity index (χ0v) is 12.8. The molecular weight excluding hydrogens is 312 g/mol. The summed E-state index contributed by atoms with van der Waals surface area (Å²) in [6.07, 6.45) is 0. The van der Waals surface area contributed by atoms with Crippen molar-refractivity contribution in [1.29, 1.82) is 0 Å². The van der Waals surface area contributed by atoms with E-state index in [-0.39, 0.29) is 30.1 Å². The van der Waals surface area contributed by atoms with Crippen LogP contribution in [0.4, 0.5) is 17.6 Å². The molecule has 3 N–H and O–H groups in total. The highest BCUT2D eigenvalue weighted by atomic mass is 16.6. The van der Waals surface area contributed by atoms with E-state index in [1.807, 2.05) is 30.3 Å². The van der Waals surface area contributed by atoms with E-state index in [4.69, 9.17) is 15.0 Å². The SMILES string of the molecule is Cc1cc(C(=O)OCc2nc(N)nc(Nc3ccccc3)n2)on1. The largest absolute Gasteiger partial charge is 0.452 e. The van der Waals surface area contributed by atoms with Crippen molar-refractivity contribution in [3.05, 3.63) is 53.7 Å². The number of hydrogen-bond acceptors (Lipinski definition) is 9. The molecule has 2 heterocycles. The molecule has 0 amide bonds. The van der Waals surface area contributed by atoms with Crippen LogP contribution in [0.5, 0.6) is 0 Å². The van der Waals surface area contributed by atoms with E-state index in [0.29, 0.717) is 5.69 Å². The number of nitrogens with two attached hydrogens (primary N) is 1. The maximum absolute atomic E-state index is 11.8. The van der Waals surface area contributed by atoms with Crippen LogP contribution in [0.2, 0.25) is 0 Å². The van der Waals surface area contributed by atoms with Crippen molar-refractivity contribution < 1.29 is 14.1 Å². The van der Waals surface area contributed by atoms with Crippen molar-refractivity contribution in [2.24, 2.45) is 0 Å². The van der Waals surface area contributed by atoms with Gasteiger partial charge in [0.1, 0.15) is 0 Å². The summed E-state index contributed by atoms with van der Waals surface area (Å²) in [7, 11) is 0. The molecule has 0 saturated heterocycles. The van der Waals surface area contributed by atoms with Crippen molar-refractivity contribution in [3.8, 4) is 0 Å². The van der Waals surface area contributed by atoms with Gasteiger partial charge in [0.2, 0.25) is 17.7 Å². The van der Waals surface area contributed by atoms with Gasteiger partial charge in [0, 0.05) is 11.8 Å². The molecule has 0 saturated carbocycles. The van der Waals surface area contributed by atoms with Crippen molar-refractivity contribution in [2.45, 2.75) is 13.5 Å². The second-order valence-electron chi connectivity index (χ2n) is 4.83. The number of benzene rings is 1. The monoisotopic (exact) mass is 326 g/mol. The Morgan fingerprint density at radius 1 is 1.25 bits per heavy atom. The minimum atomic E-state index is -0.660. The fourth-order valence-electron chi connectivity index (χ4n) is 1.87. The summed E-state index contributed by atoms with van der Waals surface area (Å²) >= 11 is 0. The number of carbonyl (C=O) groups is 1. The van der Waals surface area contributed by atoms with Crippen LogP contribution < -0.4 is 11.1 Å². The van der Waals surface area contributed by atoms with Gasteiger partial charge in [-0.05, 0) is 19.1 Å². The molecule has 24 heavy (non-hydrogen) atoms. The molecule has 0 radical (unpaired) electrons. The highest BCUT2D eigenvalue weighted by Gasteiger charge is 2.14. The number of anilines is 3. The fraction of sp³-hybridized carbons (Fsp3) is 0.133. The smallest absolute Gasteiger partial charge is 0.377 e. The lowest BCUT2D eigenvalue weighted by molar-refractivity contribution is 0.0415. The maximum atomic E-state index is 11.8. The molecule has 9 nitrogen and oxygen atoms in total. The second kappa shape index (κ2) is 6.73. The van der Waals surface area contributed by atoms with Crippen molar-refractivity contribution in [1.82, 2.24) is 20.1 Å². The Morgan fingerprint density at radius 2 is 2.04 bits per heavy atom. The molecule has 0 aliphatic rings. The van der Waals surface area contributed by atoms with Gasteiger partial charge in [-0.25, -0.2) is 4.79 Å². The molecule has 1 aromatic carbocycles. The molecule has 9 heteroatoms. The Labute approximate surface area is 136 Å². The molecule has 0 unspecified atom stereocenters. The molecule has 0 atom stereocenters. The molecule has 0 spiro atoms. The number of aromatic nitrogens is 4. The number of hydrogen-bond donors (Lipinski definition) is 2. The average Bonchev–Trinajstić information content (AvgIpc) is 3.00. The molecule has 122 valence electrons. The first-order valence-electron chi connectivity index (χ1n) is 7.03. The first-order valence-corrected chi connectivity index (χ1v) is 7.03. The lowest BCUT2D eigenvalue weighted by Gasteiger charge is -2.07. The standard InChI is InChI=1S/C15H14N6O3/c1-9-7-11(24-21-9)13(22)23-8-12-18-14(16)20-15(19-12)17-10-5-3-2-4-6-10/h2-7H,8H2,1H3,(H3,16,17,18,19,20). The van der Waals surface area contributed by atoms with E-state index in [0.717, 1.165) is 5.69 Å². The van der Waals surface area contributed by atoms with Gasteiger partial charge in [-0.1, -0.05) is 23.4 Å². The predicted molar refractivity (Wildman–Crippen MR) is 84.3 cm³/mol. The topological polar surface area (TPSA) is 129 Å². The van der Waals surface area contributed by atoms with E-state index in [9.17, 15) is 4.79 Å². The predicted octanol–water partition coefficient (Wildman–Crippen LogP) is 1.85. The Balaban J connectivity index is 1.68. The number of rotatable bonds is 5. The van der Waals surface area contributed by atoms with Gasteiger partial charge >= 0.3 is 5.97 Å². The van der Waals surface area contributed by atoms with Gasteiger partial charge in [-0.3, -0.25) is 0 Å². The molecule has 2 aromatic heterocycles. The molecule has 0 fully saturated rings. The Hall–Kier alpha value is -3.49. The molecule has 0 bridgehead atoms. The summed E-state index contributed by atoms with van der Waals surface area (Å²) in [5, 5.41) is 6.62. The van der Waals surface area contributed by atoms with Gasteiger partial charge in [-0.15, -0.1) is 0 Å². The van der Waals surface area contributed by atoms with Gasteiger partial charge in [0.15, 0.2) is 12.4 Å². The number of nitrogen functional groups attached to an aromatic ring is 1. The maximum Gasteiger partial charge on any atom is 0.377 e. The number of nitrogens with one attached hydrogen (secondary N) is 1. The number of carbonyl (C=O) groups excluding carboxylic acids is 1. The van der Waals surface area contributed by atoms with E-state index < -0.39 is 5.97 Å². The van der Waals surface area contributed by atoms with Gasteiger partial charge in [-0.2, -0.15) is 15.0 Å². The summed E-state index contributed by atoms with van der Waals surface area (Å²) in [6.45, 7) is 1.53. The average molecular weight is 326 g/mol. The van der Waals surface area contributed by atoms with Crippen molar-refractivity contribution >= 4 is 23.6 Å². The molecule has 3 rings (SSSR count). The number of nitrogens with zero attached hydrogens (tertiary/aromatic N) is 4. The molecule has 3 aromatic rings. The van der Waals surface area contributed by atoms with Gasteiger partial charge in [0.05, 0.1) is 5.69 Å². The van der Waals surface area contributed by atoms with Crippen LogP contribution >= 0.6 is 0 Å². The lowest BCUT2D eigenvalue weighted by atomic mass is 10.3. The summed E-state index contributed by atoms with van der Waals surface area (Å²) in [5.74, 6) is -0.157. The number of ether oxygens (including phenoxy) is 1. The second-order valence-corrected chi connectivity index (χ2v) is 4.83. The third kappa shape index (κ3) is 3.83. The summed E-state index contributed by atoms with van der Waals surface area (Å²) < 4.78 is 9.91. The van der Waals surface area contributed by atoms with Gasteiger partial charge in [0.25, 0.3) is 0 Å². The quantitative estimate of drug-likeness (QED) is 0.674. The van der Waals surface area contributed by atoms with Gasteiger partial charge < -0.3 is 20.3 Å². The Kier molecular flexibility index (Phi) is 4.32. The normalized spacial score (nSPS) is 10.4. The van der Waals surface area contributed by atoms with E-state index >= 15 is 0 Å². The van der Waals surface area contributed by atoms with Crippen LogP contribution in [0, 0.1) is 6.92 Å². The third-order valence-electron chi connectivity index (χ3n) is 2.89.